The van der Waals surface area contributed by atoms with Crippen molar-refractivity contribution in [2.75, 3.05) is 5.32 Å². The summed E-state index contributed by atoms with van der Waals surface area (Å²) in [5.41, 5.74) is 0.398. The maximum Gasteiger partial charge on any atom is 0.186 e. The number of rotatable bonds is 4. The zero-order valence-corrected chi connectivity index (χ0v) is 8.74. The third-order valence-corrected chi connectivity index (χ3v) is 2.08. The zero-order valence-electron chi connectivity index (χ0n) is 8.74. The van der Waals surface area contributed by atoms with Gasteiger partial charge in [-0.2, -0.15) is 5.10 Å². The predicted octanol–water partition coefficient (Wildman–Crippen LogP) is 0.908. The van der Waals surface area contributed by atoms with Crippen molar-refractivity contribution in [3.05, 3.63) is 30.0 Å². The van der Waals surface area contributed by atoms with E-state index in [0.717, 1.165) is 0 Å². The van der Waals surface area contributed by atoms with Crippen molar-refractivity contribution >= 4 is 5.82 Å². The number of nitrogens with one attached hydrogen (secondary N) is 2. The molecular weight excluding hydrogens is 211 g/mol. The van der Waals surface area contributed by atoms with Crippen molar-refractivity contribution < 1.29 is 4.39 Å². The number of aryl methyl sites for hydroxylation is 1. The quantitative estimate of drug-likeness (QED) is 0.803. The highest BCUT2D eigenvalue weighted by molar-refractivity contribution is 5.37. The Morgan fingerprint density at radius 1 is 1.31 bits per heavy atom. The second kappa shape index (κ2) is 4.65. The van der Waals surface area contributed by atoms with Crippen molar-refractivity contribution in [3.63, 3.8) is 0 Å². The summed E-state index contributed by atoms with van der Waals surface area (Å²) < 4.78 is 13.7. The summed E-state index contributed by atoms with van der Waals surface area (Å²) >= 11 is 0. The first-order chi connectivity index (χ1) is 7.81. The number of nitrogens with zero attached hydrogens (tertiary/aromatic N) is 4. The van der Waals surface area contributed by atoms with Gasteiger partial charge in [0.2, 0.25) is 0 Å². The molecular formula is C9H11FN6. The summed E-state index contributed by atoms with van der Waals surface area (Å²) in [6, 6.07) is 0. The highest BCUT2D eigenvalue weighted by Gasteiger charge is 2.09. The Hall–Kier alpha value is -2.05. The molecule has 0 unspecified atom stereocenters. The van der Waals surface area contributed by atoms with E-state index in [1.807, 2.05) is 6.92 Å². The fraction of sp³-hybridized carbons (Fsp3) is 0.333. The molecule has 0 amide bonds. The Labute approximate surface area is 91.4 Å². The van der Waals surface area contributed by atoms with Crippen molar-refractivity contribution in [1.29, 1.82) is 0 Å². The molecule has 0 aliphatic heterocycles. The molecule has 0 spiro atoms. The minimum atomic E-state index is -0.412. The van der Waals surface area contributed by atoms with Gasteiger partial charge < -0.3 is 5.32 Å². The first kappa shape index (κ1) is 10.5. The van der Waals surface area contributed by atoms with Crippen LogP contribution < -0.4 is 5.32 Å². The second-order valence-electron chi connectivity index (χ2n) is 3.12. The molecule has 0 bridgehead atoms. The summed E-state index contributed by atoms with van der Waals surface area (Å²) in [7, 11) is 0. The van der Waals surface area contributed by atoms with Gasteiger partial charge in [0.05, 0.1) is 12.2 Å². The molecule has 2 N–H and O–H groups in total. The van der Waals surface area contributed by atoms with Crippen LogP contribution in [0.15, 0.2) is 12.7 Å². The van der Waals surface area contributed by atoms with E-state index in [1.165, 1.54) is 12.7 Å². The van der Waals surface area contributed by atoms with Crippen molar-refractivity contribution in [2.24, 2.45) is 0 Å². The average molecular weight is 222 g/mol. The van der Waals surface area contributed by atoms with Crippen LogP contribution in [0.3, 0.4) is 0 Å². The molecule has 0 aromatic carbocycles. The van der Waals surface area contributed by atoms with E-state index >= 15 is 0 Å². The van der Waals surface area contributed by atoms with Crippen LogP contribution in [0, 0.1) is 5.82 Å². The molecule has 0 saturated heterocycles. The molecule has 0 saturated carbocycles. The second-order valence-corrected chi connectivity index (χ2v) is 3.12. The fourth-order valence-corrected chi connectivity index (χ4v) is 1.26. The van der Waals surface area contributed by atoms with Crippen LogP contribution >= 0.6 is 0 Å². The Balaban J connectivity index is 2.09. The minimum absolute atomic E-state index is 0.184. The van der Waals surface area contributed by atoms with Gasteiger partial charge in [-0.25, -0.2) is 19.3 Å². The van der Waals surface area contributed by atoms with Crippen LogP contribution in [0.5, 0.6) is 0 Å². The summed E-state index contributed by atoms with van der Waals surface area (Å²) in [6.07, 6.45) is 3.26. The van der Waals surface area contributed by atoms with Gasteiger partial charge in [0.15, 0.2) is 11.6 Å². The van der Waals surface area contributed by atoms with Crippen LogP contribution in [-0.4, -0.2) is 25.1 Å². The molecule has 0 fully saturated rings. The zero-order chi connectivity index (χ0) is 11.4. The summed E-state index contributed by atoms with van der Waals surface area (Å²) in [4.78, 5) is 11.6. The van der Waals surface area contributed by atoms with Crippen LogP contribution in [0.25, 0.3) is 0 Å². The molecule has 6 nitrogen and oxygen atoms in total. The van der Waals surface area contributed by atoms with E-state index in [0.29, 0.717) is 24.5 Å². The fourth-order valence-electron chi connectivity index (χ4n) is 1.26. The lowest BCUT2D eigenvalue weighted by molar-refractivity contribution is 0.596. The molecule has 7 heteroatoms. The van der Waals surface area contributed by atoms with Gasteiger partial charge in [-0.3, -0.25) is 5.10 Å². The minimum Gasteiger partial charge on any atom is -0.360 e. The van der Waals surface area contributed by atoms with E-state index in [1.54, 1.807) is 0 Å². The smallest absolute Gasteiger partial charge is 0.186 e. The standard InChI is InChI=1S/C9H11FN6/c1-2-6-8(10)9(14-4-12-6)11-3-7-13-5-15-16-7/h4-5H,2-3H2,1H3,(H,11,12,14)(H,13,15,16). The highest BCUT2D eigenvalue weighted by Crippen LogP contribution is 2.13. The summed E-state index contributed by atoms with van der Waals surface area (Å²) in [6.45, 7) is 2.18. The van der Waals surface area contributed by atoms with E-state index in [4.69, 9.17) is 0 Å². The highest BCUT2D eigenvalue weighted by atomic mass is 19.1. The SMILES string of the molecule is CCc1ncnc(NCc2ncn[nH]2)c1F. The Kier molecular flexibility index (Phi) is 3.04. The number of hydrogen-bond acceptors (Lipinski definition) is 5. The maximum atomic E-state index is 13.7. The number of aromatic amines is 1. The van der Waals surface area contributed by atoms with Gasteiger partial charge in [-0.15, -0.1) is 0 Å². The third kappa shape index (κ3) is 2.13. The lowest BCUT2D eigenvalue weighted by atomic mass is 10.3. The Morgan fingerprint density at radius 3 is 2.88 bits per heavy atom. The topological polar surface area (TPSA) is 79.4 Å². The Morgan fingerprint density at radius 2 is 2.19 bits per heavy atom. The maximum absolute atomic E-state index is 13.7. The lowest BCUT2D eigenvalue weighted by Gasteiger charge is -2.06. The molecule has 84 valence electrons. The van der Waals surface area contributed by atoms with Crippen molar-refractivity contribution in [1.82, 2.24) is 25.1 Å². The number of halogens is 1. The number of hydrogen-bond donors (Lipinski definition) is 2. The molecule has 0 atom stereocenters. The third-order valence-electron chi connectivity index (χ3n) is 2.08. The number of anilines is 1. The molecule has 2 heterocycles. The van der Waals surface area contributed by atoms with Crippen molar-refractivity contribution in [2.45, 2.75) is 19.9 Å². The average Bonchev–Trinajstić information content (AvgIpc) is 2.81. The van der Waals surface area contributed by atoms with Gasteiger partial charge in [0.25, 0.3) is 0 Å². The molecule has 2 aromatic rings. The van der Waals surface area contributed by atoms with Crippen LogP contribution in [0.2, 0.25) is 0 Å². The Bertz CT molecular complexity index is 455. The lowest BCUT2D eigenvalue weighted by Crippen LogP contribution is -2.07. The van der Waals surface area contributed by atoms with Crippen LogP contribution in [0.4, 0.5) is 10.2 Å². The number of aromatic nitrogens is 5. The van der Waals surface area contributed by atoms with Gasteiger partial charge in [0, 0.05) is 0 Å². The van der Waals surface area contributed by atoms with Crippen LogP contribution in [-0.2, 0) is 13.0 Å². The van der Waals surface area contributed by atoms with Gasteiger partial charge in [-0.1, -0.05) is 6.92 Å². The summed E-state index contributed by atoms with van der Waals surface area (Å²) in [5.74, 6) is 0.392. The molecule has 16 heavy (non-hydrogen) atoms. The monoisotopic (exact) mass is 222 g/mol. The first-order valence-corrected chi connectivity index (χ1v) is 4.88. The predicted molar refractivity (Wildman–Crippen MR) is 55.1 cm³/mol. The van der Waals surface area contributed by atoms with Crippen LogP contribution in [0.1, 0.15) is 18.4 Å². The van der Waals surface area contributed by atoms with E-state index in [2.05, 4.69) is 30.5 Å². The van der Waals surface area contributed by atoms with E-state index in [9.17, 15) is 4.39 Å². The molecule has 0 aliphatic carbocycles. The van der Waals surface area contributed by atoms with Gasteiger partial charge in [-0.05, 0) is 6.42 Å². The van der Waals surface area contributed by atoms with Gasteiger partial charge >= 0.3 is 0 Å². The molecule has 2 aromatic heterocycles. The largest absolute Gasteiger partial charge is 0.360 e. The van der Waals surface area contributed by atoms with Crippen molar-refractivity contribution in [3.8, 4) is 0 Å². The normalized spacial score (nSPS) is 10.4. The van der Waals surface area contributed by atoms with E-state index < -0.39 is 5.82 Å². The molecule has 2 rings (SSSR count). The molecule has 0 radical (unpaired) electrons. The first-order valence-electron chi connectivity index (χ1n) is 4.88. The number of H-pyrrole nitrogens is 1. The van der Waals surface area contributed by atoms with E-state index in [-0.39, 0.29) is 5.82 Å². The summed E-state index contributed by atoms with van der Waals surface area (Å²) in [5, 5.41) is 9.18. The molecule has 0 aliphatic rings. The van der Waals surface area contributed by atoms with Gasteiger partial charge in [0.1, 0.15) is 18.5 Å².